The van der Waals surface area contributed by atoms with Crippen LogP contribution in [0.15, 0.2) is 42.5 Å². The van der Waals surface area contributed by atoms with E-state index in [4.69, 9.17) is 4.74 Å². The molecule has 1 aliphatic rings. The van der Waals surface area contributed by atoms with Gasteiger partial charge in [0.25, 0.3) is 0 Å². The maximum Gasteiger partial charge on any atom is 0.223 e. The van der Waals surface area contributed by atoms with Crippen LogP contribution >= 0.6 is 11.3 Å². The summed E-state index contributed by atoms with van der Waals surface area (Å²) in [6.07, 6.45) is 0.882. The molecule has 3 aromatic rings. The lowest BCUT2D eigenvalue weighted by Gasteiger charge is -2.14. The van der Waals surface area contributed by atoms with Gasteiger partial charge in [0, 0.05) is 19.2 Å². The molecule has 0 saturated heterocycles. The molecular formula is C18H16N2O2S. The van der Waals surface area contributed by atoms with E-state index >= 15 is 0 Å². The molecule has 23 heavy (non-hydrogen) atoms. The van der Waals surface area contributed by atoms with Crippen molar-refractivity contribution < 1.29 is 9.53 Å². The van der Waals surface area contributed by atoms with Gasteiger partial charge in [0.15, 0.2) is 0 Å². The molecule has 0 saturated carbocycles. The predicted octanol–water partition coefficient (Wildman–Crippen LogP) is 3.78. The van der Waals surface area contributed by atoms with Crippen molar-refractivity contribution in [2.45, 2.75) is 20.0 Å². The number of thiazole rings is 1. The van der Waals surface area contributed by atoms with E-state index in [1.165, 1.54) is 10.3 Å². The standard InChI is InChI=1S/C18H16N2O2S/c1-12(21)20-9-8-13-10-14(6-7-16(13)20)22-11-18-19-15-4-2-3-5-17(15)23-18/h2-7,10H,8-9,11H2,1H3. The Bertz CT molecular complexity index is 855. The normalized spacial score (nSPS) is 13.3. The number of aromatic nitrogens is 1. The van der Waals surface area contributed by atoms with Crippen molar-refractivity contribution in [1.82, 2.24) is 4.98 Å². The summed E-state index contributed by atoms with van der Waals surface area (Å²) in [7, 11) is 0. The number of amides is 1. The third-order valence-electron chi connectivity index (χ3n) is 4.03. The molecule has 1 amide bonds. The second kappa shape index (κ2) is 5.66. The number of carbonyl (C=O) groups excluding carboxylic acids is 1. The highest BCUT2D eigenvalue weighted by atomic mass is 32.1. The maximum absolute atomic E-state index is 11.6. The van der Waals surface area contributed by atoms with Gasteiger partial charge in [-0.15, -0.1) is 11.3 Å². The quantitative estimate of drug-likeness (QED) is 0.736. The summed E-state index contributed by atoms with van der Waals surface area (Å²) in [6.45, 7) is 2.83. The Hall–Kier alpha value is -2.40. The molecule has 0 N–H and O–H groups in total. The average molecular weight is 324 g/mol. The van der Waals surface area contributed by atoms with Gasteiger partial charge >= 0.3 is 0 Å². The number of hydrogen-bond donors (Lipinski definition) is 0. The van der Waals surface area contributed by atoms with Crippen molar-refractivity contribution in [3.05, 3.63) is 53.0 Å². The third kappa shape index (κ3) is 2.68. The average Bonchev–Trinajstić information content (AvgIpc) is 3.15. The fraction of sp³-hybridized carbons (Fsp3) is 0.222. The van der Waals surface area contributed by atoms with Crippen molar-refractivity contribution in [2.75, 3.05) is 11.4 Å². The largest absolute Gasteiger partial charge is 0.486 e. The zero-order valence-corrected chi connectivity index (χ0v) is 13.6. The fourth-order valence-electron chi connectivity index (χ4n) is 2.92. The lowest BCUT2D eigenvalue weighted by molar-refractivity contribution is -0.116. The summed E-state index contributed by atoms with van der Waals surface area (Å²) in [4.78, 5) is 18.0. The number of para-hydroxylation sites is 1. The van der Waals surface area contributed by atoms with Crippen molar-refractivity contribution in [3.63, 3.8) is 0 Å². The van der Waals surface area contributed by atoms with Gasteiger partial charge in [-0.05, 0) is 42.3 Å². The van der Waals surface area contributed by atoms with Crippen molar-refractivity contribution in [3.8, 4) is 5.75 Å². The molecule has 2 heterocycles. The van der Waals surface area contributed by atoms with Crippen molar-refractivity contribution >= 4 is 33.1 Å². The van der Waals surface area contributed by atoms with E-state index in [9.17, 15) is 4.79 Å². The molecule has 4 rings (SSSR count). The van der Waals surface area contributed by atoms with Crippen LogP contribution in [0.3, 0.4) is 0 Å². The summed E-state index contributed by atoms with van der Waals surface area (Å²) in [5.74, 6) is 0.917. The van der Waals surface area contributed by atoms with Crippen LogP contribution in [0.4, 0.5) is 5.69 Å². The molecule has 0 spiro atoms. The molecule has 4 nitrogen and oxygen atoms in total. The fourth-order valence-corrected chi connectivity index (χ4v) is 3.80. The Morgan fingerprint density at radius 3 is 3.00 bits per heavy atom. The van der Waals surface area contributed by atoms with Gasteiger partial charge < -0.3 is 9.64 Å². The molecule has 1 aliphatic heterocycles. The van der Waals surface area contributed by atoms with E-state index < -0.39 is 0 Å². The monoisotopic (exact) mass is 324 g/mol. The molecule has 1 aromatic heterocycles. The molecule has 0 bridgehead atoms. The second-order valence-corrected chi connectivity index (χ2v) is 6.69. The van der Waals surface area contributed by atoms with Gasteiger partial charge in [0.05, 0.1) is 10.2 Å². The summed E-state index contributed by atoms with van der Waals surface area (Å²) < 4.78 is 7.06. The predicted molar refractivity (Wildman–Crippen MR) is 92.1 cm³/mol. The number of nitrogens with zero attached hydrogens (tertiary/aromatic N) is 2. The molecule has 116 valence electrons. The van der Waals surface area contributed by atoms with Crippen LogP contribution in [0.2, 0.25) is 0 Å². The number of anilines is 1. The summed E-state index contributed by atoms with van der Waals surface area (Å²) >= 11 is 1.66. The van der Waals surface area contributed by atoms with Crippen LogP contribution in [0.5, 0.6) is 5.75 Å². The summed E-state index contributed by atoms with van der Waals surface area (Å²) in [6, 6.07) is 14.0. The van der Waals surface area contributed by atoms with Crippen LogP contribution in [-0.2, 0) is 17.8 Å². The molecule has 5 heteroatoms. The Kier molecular flexibility index (Phi) is 3.50. The molecular weight excluding hydrogens is 308 g/mol. The van der Waals surface area contributed by atoms with E-state index in [2.05, 4.69) is 11.1 Å². The van der Waals surface area contributed by atoms with Gasteiger partial charge in [0.1, 0.15) is 17.4 Å². The molecule has 2 aromatic carbocycles. The lowest BCUT2D eigenvalue weighted by atomic mass is 10.1. The zero-order chi connectivity index (χ0) is 15.8. The van der Waals surface area contributed by atoms with Crippen LogP contribution in [0.25, 0.3) is 10.2 Å². The molecule has 0 radical (unpaired) electrons. The third-order valence-corrected chi connectivity index (χ3v) is 5.04. The van der Waals surface area contributed by atoms with Gasteiger partial charge in [-0.1, -0.05) is 12.1 Å². The second-order valence-electron chi connectivity index (χ2n) is 5.58. The Balaban J connectivity index is 1.50. The van der Waals surface area contributed by atoms with Gasteiger partial charge in [-0.25, -0.2) is 4.98 Å². The van der Waals surface area contributed by atoms with E-state index in [1.54, 1.807) is 18.3 Å². The number of hydrogen-bond acceptors (Lipinski definition) is 4. The first kappa shape index (κ1) is 14.2. The smallest absolute Gasteiger partial charge is 0.223 e. The molecule has 0 atom stereocenters. The lowest BCUT2D eigenvalue weighted by Crippen LogP contribution is -2.25. The first-order valence-corrected chi connectivity index (χ1v) is 8.40. The van der Waals surface area contributed by atoms with Crippen LogP contribution in [0, 0.1) is 0 Å². The first-order chi connectivity index (χ1) is 11.2. The Labute approximate surface area is 138 Å². The highest BCUT2D eigenvalue weighted by molar-refractivity contribution is 7.18. The van der Waals surface area contributed by atoms with E-state index in [1.807, 2.05) is 41.3 Å². The minimum absolute atomic E-state index is 0.0897. The van der Waals surface area contributed by atoms with Crippen LogP contribution < -0.4 is 9.64 Å². The first-order valence-electron chi connectivity index (χ1n) is 7.59. The van der Waals surface area contributed by atoms with E-state index in [0.717, 1.165) is 34.9 Å². The number of carbonyl (C=O) groups is 1. The van der Waals surface area contributed by atoms with Crippen molar-refractivity contribution in [2.24, 2.45) is 0 Å². The molecule has 0 fully saturated rings. The molecule has 0 aliphatic carbocycles. The Morgan fingerprint density at radius 2 is 2.17 bits per heavy atom. The van der Waals surface area contributed by atoms with Crippen LogP contribution in [0.1, 0.15) is 17.5 Å². The van der Waals surface area contributed by atoms with E-state index in [0.29, 0.717) is 6.61 Å². The zero-order valence-electron chi connectivity index (χ0n) is 12.8. The van der Waals surface area contributed by atoms with Crippen LogP contribution in [-0.4, -0.2) is 17.4 Å². The highest BCUT2D eigenvalue weighted by Crippen LogP contribution is 2.32. The minimum atomic E-state index is 0.0897. The maximum atomic E-state index is 11.6. The topological polar surface area (TPSA) is 42.4 Å². The Morgan fingerprint density at radius 1 is 1.30 bits per heavy atom. The minimum Gasteiger partial charge on any atom is -0.486 e. The highest BCUT2D eigenvalue weighted by Gasteiger charge is 2.22. The van der Waals surface area contributed by atoms with Crippen molar-refractivity contribution in [1.29, 1.82) is 0 Å². The van der Waals surface area contributed by atoms with E-state index in [-0.39, 0.29) is 5.91 Å². The molecule has 0 unspecified atom stereocenters. The number of rotatable bonds is 3. The summed E-state index contributed by atoms with van der Waals surface area (Å²) in [5, 5.41) is 0.970. The van der Waals surface area contributed by atoms with Gasteiger partial charge in [-0.2, -0.15) is 0 Å². The van der Waals surface area contributed by atoms with Gasteiger partial charge in [-0.3, -0.25) is 4.79 Å². The number of benzene rings is 2. The SMILES string of the molecule is CC(=O)N1CCc2cc(OCc3nc4ccccc4s3)ccc21. The number of fused-ring (bicyclic) bond motifs is 2. The number of ether oxygens (including phenoxy) is 1. The summed E-state index contributed by atoms with van der Waals surface area (Å²) in [5.41, 5.74) is 3.19. The van der Waals surface area contributed by atoms with Gasteiger partial charge in [0.2, 0.25) is 5.91 Å².